The predicted molar refractivity (Wildman–Crippen MR) is 86.5 cm³/mol. The molecule has 3 rings (SSSR count). The highest BCUT2D eigenvalue weighted by atomic mass is 32.2. The molecule has 1 aromatic rings. The molecule has 0 aliphatic carbocycles. The third-order valence-corrected chi connectivity index (χ3v) is 4.96. The summed E-state index contributed by atoms with van der Waals surface area (Å²) in [4.78, 5) is 22.6. The molecule has 2 aliphatic rings. The molecule has 0 bridgehead atoms. The van der Waals surface area contributed by atoms with Crippen LogP contribution in [0.25, 0.3) is 5.57 Å². The molecule has 1 aromatic heterocycles. The quantitative estimate of drug-likeness (QED) is 0.726. The molecule has 1 amide bonds. The van der Waals surface area contributed by atoms with Gasteiger partial charge in [-0.3, -0.25) is 10.2 Å². The Hall–Kier alpha value is -2.22. The molecule has 0 spiro atoms. The Balaban J connectivity index is 2.00. The molecule has 4 N–H and O–H groups in total. The summed E-state index contributed by atoms with van der Waals surface area (Å²) in [6, 6.07) is 0. The van der Waals surface area contributed by atoms with E-state index >= 15 is 0 Å². The number of aromatic nitrogens is 2. The van der Waals surface area contributed by atoms with E-state index in [9.17, 15) is 4.79 Å². The van der Waals surface area contributed by atoms with E-state index in [-0.39, 0.29) is 11.8 Å². The third-order valence-electron chi connectivity index (χ3n) is 3.97. The van der Waals surface area contributed by atoms with Crippen molar-refractivity contribution in [2.45, 2.75) is 18.7 Å². The Labute approximate surface area is 132 Å². The minimum atomic E-state index is -0.293. The van der Waals surface area contributed by atoms with E-state index in [0.29, 0.717) is 35.1 Å². The van der Waals surface area contributed by atoms with Crippen LogP contribution in [0, 0.1) is 16.7 Å². The Morgan fingerprint density at radius 1 is 1.41 bits per heavy atom. The van der Waals surface area contributed by atoms with E-state index in [1.54, 1.807) is 6.92 Å². The van der Waals surface area contributed by atoms with Gasteiger partial charge in [-0.15, -0.1) is 0 Å². The molecule has 0 radical (unpaired) electrons. The van der Waals surface area contributed by atoms with Crippen LogP contribution in [0.5, 0.6) is 0 Å². The minimum Gasteiger partial charge on any atom is -0.369 e. The van der Waals surface area contributed by atoms with E-state index in [1.807, 2.05) is 11.8 Å². The number of rotatable bonds is 3. The molecule has 22 heavy (non-hydrogen) atoms. The number of hydrogen-bond donors (Lipinski definition) is 3. The number of nitrogens with two attached hydrogens (primary N) is 1. The van der Waals surface area contributed by atoms with Gasteiger partial charge in [0, 0.05) is 24.4 Å². The van der Waals surface area contributed by atoms with Gasteiger partial charge in [-0.05, 0) is 19.4 Å². The normalized spacial score (nSPS) is 19.7. The maximum atomic E-state index is 11.2. The van der Waals surface area contributed by atoms with Gasteiger partial charge in [0.15, 0.2) is 0 Å². The van der Waals surface area contributed by atoms with Crippen molar-refractivity contribution in [2.75, 3.05) is 18.0 Å². The van der Waals surface area contributed by atoms with Crippen molar-refractivity contribution in [1.29, 1.82) is 10.8 Å². The fourth-order valence-electron chi connectivity index (χ4n) is 2.49. The lowest BCUT2D eigenvalue weighted by Gasteiger charge is -2.38. The monoisotopic (exact) mass is 316 g/mol. The molecule has 0 aromatic carbocycles. The third kappa shape index (κ3) is 2.19. The molecule has 2 aliphatic heterocycles. The Bertz CT molecular complexity index is 735. The van der Waals surface area contributed by atoms with Crippen molar-refractivity contribution in [3.05, 3.63) is 17.6 Å². The average molecular weight is 316 g/mol. The number of fused-ring (bicyclic) bond motifs is 1. The van der Waals surface area contributed by atoms with E-state index in [1.165, 1.54) is 18.1 Å². The second kappa shape index (κ2) is 5.20. The second-order valence-corrected chi connectivity index (χ2v) is 6.46. The zero-order valence-electron chi connectivity index (χ0n) is 12.3. The number of primary amides is 1. The molecule has 1 saturated heterocycles. The molecule has 0 saturated carbocycles. The van der Waals surface area contributed by atoms with Crippen molar-refractivity contribution < 1.29 is 4.79 Å². The first-order valence-corrected chi connectivity index (χ1v) is 7.64. The highest BCUT2D eigenvalue weighted by molar-refractivity contribution is 8.15. The van der Waals surface area contributed by atoms with Crippen LogP contribution in [0.3, 0.4) is 0 Å². The van der Waals surface area contributed by atoms with Crippen LogP contribution in [-0.4, -0.2) is 39.7 Å². The van der Waals surface area contributed by atoms with Crippen LogP contribution in [0.15, 0.2) is 16.8 Å². The van der Waals surface area contributed by atoms with Gasteiger partial charge in [0.25, 0.3) is 0 Å². The molecule has 0 atom stereocenters. The van der Waals surface area contributed by atoms with Crippen LogP contribution in [0.4, 0.5) is 5.82 Å². The van der Waals surface area contributed by atoms with Crippen molar-refractivity contribution in [1.82, 2.24) is 9.97 Å². The van der Waals surface area contributed by atoms with Crippen LogP contribution in [0.1, 0.15) is 19.5 Å². The molecular weight excluding hydrogens is 300 g/mol. The lowest BCUT2D eigenvalue weighted by molar-refractivity contribution is -0.122. The largest absolute Gasteiger partial charge is 0.369 e. The molecule has 0 unspecified atom stereocenters. The summed E-state index contributed by atoms with van der Waals surface area (Å²) in [6.45, 7) is 4.63. The van der Waals surface area contributed by atoms with Gasteiger partial charge in [-0.25, -0.2) is 9.97 Å². The number of carbonyl (C=O) groups excluding carboxylic acids is 1. The summed E-state index contributed by atoms with van der Waals surface area (Å²) in [5.74, 6) is 0.304. The van der Waals surface area contributed by atoms with E-state index in [2.05, 4.69) is 9.97 Å². The number of hydrogen-bond acceptors (Lipinski definition) is 7. The smallest absolute Gasteiger partial charge is 0.224 e. The summed E-state index contributed by atoms with van der Waals surface area (Å²) in [5, 5.41) is 16.4. The van der Waals surface area contributed by atoms with Crippen molar-refractivity contribution in [3.8, 4) is 0 Å². The number of allylic oxidation sites excluding steroid dienone is 1. The van der Waals surface area contributed by atoms with Crippen molar-refractivity contribution in [3.63, 3.8) is 0 Å². The maximum Gasteiger partial charge on any atom is 0.224 e. The van der Waals surface area contributed by atoms with Gasteiger partial charge < -0.3 is 16.0 Å². The van der Waals surface area contributed by atoms with Crippen molar-refractivity contribution >= 4 is 39.8 Å². The summed E-state index contributed by atoms with van der Waals surface area (Å²) in [7, 11) is 0. The first-order valence-electron chi connectivity index (χ1n) is 6.83. The molecule has 7 nitrogen and oxygen atoms in total. The average Bonchev–Trinajstić information content (AvgIpc) is 2.72. The van der Waals surface area contributed by atoms with Gasteiger partial charge in [-0.2, -0.15) is 0 Å². The number of carbonyl (C=O) groups is 1. The summed E-state index contributed by atoms with van der Waals surface area (Å²) in [6.07, 6.45) is 1.47. The summed E-state index contributed by atoms with van der Waals surface area (Å²) in [5.41, 5.74) is 7.87. The lowest BCUT2D eigenvalue weighted by Crippen LogP contribution is -2.53. The number of nitrogens with zero attached hydrogens (tertiary/aromatic N) is 3. The van der Waals surface area contributed by atoms with Crippen LogP contribution >= 0.6 is 11.8 Å². The zero-order valence-corrected chi connectivity index (χ0v) is 13.1. The molecule has 1 fully saturated rings. The van der Waals surface area contributed by atoms with Gasteiger partial charge in [0.2, 0.25) is 5.91 Å². The number of anilines is 1. The lowest BCUT2D eigenvalue weighted by atomic mass is 9.99. The van der Waals surface area contributed by atoms with E-state index in [0.717, 1.165) is 16.3 Å². The van der Waals surface area contributed by atoms with Crippen molar-refractivity contribution in [2.24, 2.45) is 11.7 Å². The standard InChI is InChI=1S/C14H16N6OS/c1-6(7(2)15)9-10-11(22-13(9)17)14(19-5-18-10)20-3-8(4-20)12(16)21/h5,8,15,17H,3-4H2,1-2H3,(H2,16,21)/b9-6-,15-7?,17-13?. The van der Waals surface area contributed by atoms with Gasteiger partial charge >= 0.3 is 0 Å². The number of amides is 1. The fraction of sp³-hybridized carbons (Fsp3) is 0.357. The van der Waals surface area contributed by atoms with Gasteiger partial charge in [0.1, 0.15) is 17.2 Å². The second-order valence-electron chi connectivity index (χ2n) is 5.44. The maximum absolute atomic E-state index is 11.2. The van der Waals surface area contributed by atoms with Crippen LogP contribution in [-0.2, 0) is 4.79 Å². The van der Waals surface area contributed by atoms with E-state index < -0.39 is 0 Å². The number of nitrogens with one attached hydrogen (secondary N) is 2. The Morgan fingerprint density at radius 2 is 2.09 bits per heavy atom. The zero-order chi connectivity index (χ0) is 16.0. The van der Waals surface area contributed by atoms with Crippen LogP contribution in [0.2, 0.25) is 0 Å². The molecule has 114 valence electrons. The van der Waals surface area contributed by atoms with Gasteiger partial charge in [0.05, 0.1) is 16.5 Å². The first-order chi connectivity index (χ1) is 10.4. The topological polar surface area (TPSA) is 120 Å². The highest BCUT2D eigenvalue weighted by Crippen LogP contribution is 2.46. The molecular formula is C14H16N6OS. The fourth-order valence-corrected chi connectivity index (χ4v) is 3.57. The number of thioether (sulfide) groups is 1. The molecule has 3 heterocycles. The summed E-state index contributed by atoms with van der Waals surface area (Å²) < 4.78 is 0. The summed E-state index contributed by atoms with van der Waals surface area (Å²) >= 11 is 1.30. The highest BCUT2D eigenvalue weighted by Gasteiger charge is 2.37. The SMILES string of the molecule is CC(=N)/C(C)=C1\C(=N)Sc2c1ncnc2N1CC(C(N)=O)C1. The van der Waals surface area contributed by atoms with Crippen LogP contribution < -0.4 is 10.6 Å². The van der Waals surface area contributed by atoms with Gasteiger partial charge in [-0.1, -0.05) is 11.8 Å². The predicted octanol–water partition coefficient (Wildman–Crippen LogP) is 1.29. The first kappa shape index (κ1) is 14.7. The molecule has 8 heteroatoms. The Kier molecular flexibility index (Phi) is 3.48. The van der Waals surface area contributed by atoms with E-state index in [4.69, 9.17) is 16.6 Å². The minimum absolute atomic E-state index is 0.142. The Morgan fingerprint density at radius 3 is 2.68 bits per heavy atom.